The number of rotatable bonds is 4. The van der Waals surface area contributed by atoms with Crippen molar-refractivity contribution >= 4 is 11.9 Å². The monoisotopic (exact) mass is 389 g/mol. The Bertz CT molecular complexity index is 1170. The van der Waals surface area contributed by atoms with Crippen LogP contribution < -0.4 is 5.32 Å². The van der Waals surface area contributed by atoms with E-state index >= 15 is 0 Å². The van der Waals surface area contributed by atoms with Gasteiger partial charge in [-0.1, -0.05) is 6.07 Å². The first kappa shape index (κ1) is 18.4. The van der Waals surface area contributed by atoms with E-state index in [4.69, 9.17) is 0 Å². The summed E-state index contributed by atoms with van der Waals surface area (Å²) in [4.78, 5) is 29.7. The SMILES string of the molecule is Cc1nc(NC(=O)c2cnn(-c3ccc(F)cc3)c2C)nc(-c2ccccn2)n1. The summed E-state index contributed by atoms with van der Waals surface area (Å²) in [5.74, 6) is 0.192. The number of pyridine rings is 1. The fourth-order valence-electron chi connectivity index (χ4n) is 2.79. The second-order valence-electron chi connectivity index (χ2n) is 6.23. The standard InChI is InChI=1S/C20H16FN7O/c1-12-16(11-23-28(12)15-8-6-14(21)7-9-15)19(29)27-20-25-13(2)24-18(26-20)17-5-3-4-10-22-17/h3-11H,1-2H3,(H,24,25,26,27,29). The third-order valence-electron chi connectivity index (χ3n) is 4.19. The van der Waals surface area contributed by atoms with Gasteiger partial charge in [0, 0.05) is 6.20 Å². The van der Waals surface area contributed by atoms with Gasteiger partial charge in [-0.3, -0.25) is 15.1 Å². The van der Waals surface area contributed by atoms with Crippen molar-refractivity contribution < 1.29 is 9.18 Å². The highest BCUT2D eigenvalue weighted by Crippen LogP contribution is 2.17. The predicted octanol–water partition coefficient (Wildman–Crippen LogP) is 3.13. The lowest BCUT2D eigenvalue weighted by Gasteiger charge is -2.07. The molecular weight excluding hydrogens is 373 g/mol. The molecule has 9 heteroatoms. The van der Waals surface area contributed by atoms with Crippen LogP contribution in [-0.4, -0.2) is 35.6 Å². The molecule has 1 amide bonds. The lowest BCUT2D eigenvalue weighted by molar-refractivity contribution is 0.102. The van der Waals surface area contributed by atoms with E-state index in [1.54, 1.807) is 49.0 Å². The van der Waals surface area contributed by atoms with Crippen LogP contribution in [0.5, 0.6) is 0 Å². The Kier molecular flexibility index (Phi) is 4.78. The van der Waals surface area contributed by atoms with Gasteiger partial charge in [0.2, 0.25) is 5.95 Å². The van der Waals surface area contributed by atoms with Crippen molar-refractivity contribution in [2.24, 2.45) is 0 Å². The number of benzene rings is 1. The van der Waals surface area contributed by atoms with Gasteiger partial charge in [0.1, 0.15) is 17.3 Å². The van der Waals surface area contributed by atoms with Crippen molar-refractivity contribution in [1.82, 2.24) is 29.7 Å². The molecule has 8 nitrogen and oxygen atoms in total. The van der Waals surface area contributed by atoms with Crippen LogP contribution in [0.3, 0.4) is 0 Å². The van der Waals surface area contributed by atoms with Crippen LogP contribution in [0.4, 0.5) is 10.3 Å². The minimum Gasteiger partial charge on any atom is -0.290 e. The number of nitrogens with one attached hydrogen (secondary N) is 1. The molecule has 4 aromatic rings. The maximum atomic E-state index is 13.1. The highest BCUT2D eigenvalue weighted by molar-refractivity contribution is 6.04. The molecule has 0 atom stereocenters. The van der Waals surface area contributed by atoms with Crippen LogP contribution in [-0.2, 0) is 0 Å². The number of carbonyl (C=O) groups is 1. The van der Waals surface area contributed by atoms with Crippen molar-refractivity contribution in [1.29, 1.82) is 0 Å². The number of amides is 1. The topological polar surface area (TPSA) is 98.5 Å². The zero-order valence-electron chi connectivity index (χ0n) is 15.7. The summed E-state index contributed by atoms with van der Waals surface area (Å²) in [5.41, 5.74) is 2.18. The Morgan fingerprint density at radius 1 is 1.03 bits per heavy atom. The summed E-state index contributed by atoms with van der Waals surface area (Å²) in [6.45, 7) is 3.46. The Labute approximate surface area is 165 Å². The molecule has 0 spiro atoms. The highest BCUT2D eigenvalue weighted by Gasteiger charge is 2.17. The minimum atomic E-state index is -0.409. The van der Waals surface area contributed by atoms with Crippen LogP contribution in [0, 0.1) is 19.7 Å². The van der Waals surface area contributed by atoms with Gasteiger partial charge in [0.05, 0.1) is 23.1 Å². The lowest BCUT2D eigenvalue weighted by atomic mass is 10.2. The summed E-state index contributed by atoms with van der Waals surface area (Å²) >= 11 is 0. The molecule has 1 N–H and O–H groups in total. The molecule has 4 rings (SSSR count). The van der Waals surface area contributed by atoms with E-state index in [0.29, 0.717) is 34.3 Å². The lowest BCUT2D eigenvalue weighted by Crippen LogP contribution is -2.16. The first-order valence-electron chi connectivity index (χ1n) is 8.77. The fourth-order valence-corrected chi connectivity index (χ4v) is 2.79. The molecule has 29 heavy (non-hydrogen) atoms. The summed E-state index contributed by atoms with van der Waals surface area (Å²) in [5, 5.41) is 6.91. The molecule has 0 saturated heterocycles. The van der Waals surface area contributed by atoms with Crippen LogP contribution in [0.1, 0.15) is 21.9 Å². The van der Waals surface area contributed by atoms with Crippen molar-refractivity contribution in [3.63, 3.8) is 0 Å². The Hall–Kier alpha value is -4.01. The van der Waals surface area contributed by atoms with Crippen molar-refractivity contribution in [3.8, 4) is 17.2 Å². The second kappa shape index (κ2) is 7.55. The van der Waals surface area contributed by atoms with Crippen LogP contribution >= 0.6 is 0 Å². The summed E-state index contributed by atoms with van der Waals surface area (Å²) < 4.78 is 14.7. The normalized spacial score (nSPS) is 10.7. The number of carbonyl (C=O) groups excluding carboxylic acids is 1. The molecule has 0 bridgehead atoms. The quantitative estimate of drug-likeness (QED) is 0.576. The van der Waals surface area contributed by atoms with E-state index < -0.39 is 5.91 Å². The number of nitrogens with zero attached hydrogens (tertiary/aromatic N) is 6. The van der Waals surface area contributed by atoms with Gasteiger partial charge in [-0.25, -0.2) is 14.1 Å². The van der Waals surface area contributed by atoms with E-state index in [2.05, 4.69) is 30.4 Å². The zero-order chi connectivity index (χ0) is 20.4. The summed E-state index contributed by atoms with van der Waals surface area (Å²) in [6.07, 6.45) is 3.08. The fraction of sp³-hybridized carbons (Fsp3) is 0.100. The van der Waals surface area contributed by atoms with Crippen LogP contribution in [0.2, 0.25) is 0 Å². The van der Waals surface area contributed by atoms with Crippen molar-refractivity contribution in [2.75, 3.05) is 5.32 Å². The number of hydrogen-bond donors (Lipinski definition) is 1. The largest absolute Gasteiger partial charge is 0.290 e. The summed E-state index contributed by atoms with van der Waals surface area (Å²) in [6, 6.07) is 11.2. The second-order valence-corrected chi connectivity index (χ2v) is 6.23. The van der Waals surface area contributed by atoms with E-state index in [1.165, 1.54) is 18.3 Å². The molecule has 0 unspecified atom stereocenters. The third kappa shape index (κ3) is 3.84. The Morgan fingerprint density at radius 3 is 2.55 bits per heavy atom. The van der Waals surface area contributed by atoms with Crippen LogP contribution in [0.15, 0.2) is 54.9 Å². The number of halogens is 1. The van der Waals surface area contributed by atoms with Gasteiger partial charge in [0.15, 0.2) is 5.82 Å². The number of anilines is 1. The van der Waals surface area contributed by atoms with Gasteiger partial charge >= 0.3 is 0 Å². The molecule has 3 heterocycles. The zero-order valence-corrected chi connectivity index (χ0v) is 15.7. The maximum absolute atomic E-state index is 13.1. The van der Waals surface area contributed by atoms with Gasteiger partial charge in [-0.15, -0.1) is 0 Å². The van der Waals surface area contributed by atoms with Crippen LogP contribution in [0.25, 0.3) is 17.2 Å². The molecule has 0 aliphatic heterocycles. The molecule has 144 valence electrons. The first-order chi connectivity index (χ1) is 14.0. The minimum absolute atomic E-state index is 0.122. The Balaban J connectivity index is 1.60. The Morgan fingerprint density at radius 2 is 1.83 bits per heavy atom. The smallest absolute Gasteiger partial charge is 0.261 e. The molecule has 0 radical (unpaired) electrons. The van der Waals surface area contributed by atoms with Crippen molar-refractivity contribution in [2.45, 2.75) is 13.8 Å². The molecule has 0 aliphatic carbocycles. The molecule has 0 aliphatic rings. The van der Waals surface area contributed by atoms with Gasteiger partial charge < -0.3 is 0 Å². The van der Waals surface area contributed by atoms with E-state index in [1.807, 2.05) is 6.07 Å². The van der Waals surface area contributed by atoms with Gasteiger partial charge in [0.25, 0.3) is 5.91 Å². The highest BCUT2D eigenvalue weighted by atomic mass is 19.1. The third-order valence-corrected chi connectivity index (χ3v) is 4.19. The average Bonchev–Trinajstić information content (AvgIpc) is 3.10. The predicted molar refractivity (Wildman–Crippen MR) is 104 cm³/mol. The summed E-state index contributed by atoms with van der Waals surface area (Å²) in [7, 11) is 0. The first-order valence-corrected chi connectivity index (χ1v) is 8.77. The molecule has 3 aromatic heterocycles. The average molecular weight is 389 g/mol. The van der Waals surface area contributed by atoms with Crippen molar-refractivity contribution in [3.05, 3.63) is 77.8 Å². The molecule has 0 fully saturated rings. The number of hydrogen-bond acceptors (Lipinski definition) is 6. The van der Waals surface area contributed by atoms with Gasteiger partial charge in [-0.05, 0) is 50.2 Å². The van der Waals surface area contributed by atoms with E-state index in [-0.39, 0.29) is 11.8 Å². The van der Waals surface area contributed by atoms with Gasteiger partial charge in [-0.2, -0.15) is 15.1 Å². The number of aromatic nitrogens is 6. The van der Waals surface area contributed by atoms with E-state index in [9.17, 15) is 9.18 Å². The number of aryl methyl sites for hydroxylation is 1. The molecule has 0 saturated carbocycles. The van der Waals surface area contributed by atoms with E-state index in [0.717, 1.165) is 0 Å². The maximum Gasteiger partial charge on any atom is 0.261 e. The molecule has 1 aromatic carbocycles. The molecular formula is C20H16FN7O.